The van der Waals surface area contributed by atoms with E-state index in [-0.39, 0.29) is 22.5 Å². The third-order valence-corrected chi connectivity index (χ3v) is 5.06. The lowest BCUT2D eigenvalue weighted by Crippen LogP contribution is -2.43. The van der Waals surface area contributed by atoms with Gasteiger partial charge in [-0.25, -0.2) is 4.39 Å². The van der Waals surface area contributed by atoms with E-state index in [0.29, 0.717) is 6.54 Å². The Hall–Kier alpha value is -1.95. The lowest BCUT2D eigenvalue weighted by molar-refractivity contribution is -0.126. The van der Waals surface area contributed by atoms with Crippen molar-refractivity contribution in [3.8, 4) is 0 Å². The van der Waals surface area contributed by atoms with Gasteiger partial charge in [-0.3, -0.25) is 9.69 Å². The van der Waals surface area contributed by atoms with E-state index in [0.717, 1.165) is 13.0 Å². The molecule has 0 saturated heterocycles. The Labute approximate surface area is 158 Å². The predicted molar refractivity (Wildman–Crippen MR) is 102 cm³/mol. The van der Waals surface area contributed by atoms with Gasteiger partial charge in [-0.15, -0.1) is 0 Å². The van der Waals surface area contributed by atoms with Crippen molar-refractivity contribution in [2.45, 2.75) is 18.5 Å². The molecule has 2 unspecified atom stereocenters. The molecule has 0 radical (unpaired) electrons. The van der Waals surface area contributed by atoms with Crippen molar-refractivity contribution >= 4 is 17.5 Å². The first-order chi connectivity index (χ1) is 12.5. The Kier molecular flexibility index (Phi) is 5.91. The number of nitrogens with one attached hydrogen (secondary N) is 2. The molecule has 0 spiro atoms. The number of likely N-dealkylation sites (N-methyl/N-ethyl adjacent to an activating group) is 1. The second-order valence-electron chi connectivity index (χ2n) is 6.70. The maximum Gasteiger partial charge on any atom is 0.242 e. The molecule has 1 amide bonds. The lowest BCUT2D eigenvalue weighted by Gasteiger charge is -2.29. The van der Waals surface area contributed by atoms with Crippen molar-refractivity contribution in [2.24, 2.45) is 0 Å². The first-order valence-corrected chi connectivity index (χ1v) is 9.06. The number of hydrogen-bond acceptors (Lipinski definition) is 3. The summed E-state index contributed by atoms with van der Waals surface area (Å²) in [4.78, 5) is 14.5. The molecule has 1 heterocycles. The Balaban J connectivity index is 1.76. The number of nitrogens with zero attached hydrogens (tertiary/aromatic N) is 1. The largest absolute Gasteiger partial charge is 0.353 e. The molecule has 4 nitrogen and oxygen atoms in total. The Morgan fingerprint density at radius 2 is 2.08 bits per heavy atom. The smallest absolute Gasteiger partial charge is 0.242 e. The van der Waals surface area contributed by atoms with Gasteiger partial charge in [-0.05, 0) is 50.3 Å². The van der Waals surface area contributed by atoms with Crippen LogP contribution < -0.4 is 10.6 Å². The fraction of sp³-hybridized carbons (Fsp3) is 0.350. The average molecular weight is 376 g/mol. The van der Waals surface area contributed by atoms with Gasteiger partial charge in [-0.1, -0.05) is 41.9 Å². The summed E-state index contributed by atoms with van der Waals surface area (Å²) in [6, 6.07) is 11.9. The van der Waals surface area contributed by atoms with Gasteiger partial charge in [0.2, 0.25) is 5.91 Å². The van der Waals surface area contributed by atoms with Crippen LogP contribution in [-0.4, -0.2) is 38.0 Å². The van der Waals surface area contributed by atoms with Crippen LogP contribution in [0.5, 0.6) is 0 Å². The van der Waals surface area contributed by atoms with Crippen molar-refractivity contribution < 1.29 is 9.18 Å². The molecule has 2 aromatic rings. The number of carbonyl (C=O) groups is 1. The van der Waals surface area contributed by atoms with Gasteiger partial charge in [0.15, 0.2) is 0 Å². The lowest BCUT2D eigenvalue weighted by atomic mass is 9.94. The molecule has 2 N–H and O–H groups in total. The van der Waals surface area contributed by atoms with Gasteiger partial charge in [0.25, 0.3) is 0 Å². The van der Waals surface area contributed by atoms with E-state index in [2.05, 4.69) is 22.8 Å². The van der Waals surface area contributed by atoms with Gasteiger partial charge < -0.3 is 10.6 Å². The molecule has 0 fully saturated rings. The average Bonchev–Trinajstić information content (AvgIpc) is 2.62. The standard InChI is InChI=1S/C20H23ClFN3O/c1-25(2)19(18-15(21)8-5-9-16(18)22)20(26)24-12-17-14-7-4-3-6-13(14)10-11-23-17/h3-9,17,19,23H,10-12H2,1-2H3,(H,24,26). The molecule has 138 valence electrons. The van der Waals surface area contributed by atoms with E-state index < -0.39 is 11.9 Å². The van der Waals surface area contributed by atoms with E-state index in [1.54, 1.807) is 25.1 Å². The predicted octanol–water partition coefficient (Wildman–Crippen LogP) is 3.09. The topological polar surface area (TPSA) is 44.4 Å². The summed E-state index contributed by atoms with van der Waals surface area (Å²) in [6.07, 6.45) is 0.978. The zero-order chi connectivity index (χ0) is 18.7. The van der Waals surface area contributed by atoms with Gasteiger partial charge in [0.1, 0.15) is 11.9 Å². The molecule has 0 saturated carbocycles. The van der Waals surface area contributed by atoms with Crippen LogP contribution in [0.3, 0.4) is 0 Å². The third kappa shape index (κ3) is 3.90. The molecule has 2 atom stereocenters. The minimum Gasteiger partial charge on any atom is -0.353 e. The monoisotopic (exact) mass is 375 g/mol. The van der Waals surface area contributed by atoms with Crippen LogP contribution in [0.1, 0.15) is 28.8 Å². The van der Waals surface area contributed by atoms with Gasteiger partial charge in [-0.2, -0.15) is 0 Å². The van der Waals surface area contributed by atoms with E-state index >= 15 is 0 Å². The zero-order valence-electron chi connectivity index (χ0n) is 14.9. The van der Waals surface area contributed by atoms with Crippen LogP contribution in [0.2, 0.25) is 5.02 Å². The first kappa shape index (κ1) is 18.8. The molecule has 2 aromatic carbocycles. The van der Waals surface area contributed by atoms with Crippen LogP contribution in [0, 0.1) is 5.82 Å². The van der Waals surface area contributed by atoms with Crippen LogP contribution >= 0.6 is 11.6 Å². The van der Waals surface area contributed by atoms with Crippen LogP contribution in [0.15, 0.2) is 42.5 Å². The highest BCUT2D eigenvalue weighted by atomic mass is 35.5. The van der Waals surface area contributed by atoms with Gasteiger partial charge in [0.05, 0.1) is 0 Å². The molecule has 0 bridgehead atoms. The Morgan fingerprint density at radius 3 is 2.81 bits per heavy atom. The molecule has 6 heteroatoms. The van der Waals surface area contributed by atoms with E-state index in [4.69, 9.17) is 11.6 Å². The Morgan fingerprint density at radius 1 is 1.31 bits per heavy atom. The summed E-state index contributed by atoms with van der Waals surface area (Å²) >= 11 is 6.17. The molecule has 0 aliphatic carbocycles. The molecule has 26 heavy (non-hydrogen) atoms. The highest BCUT2D eigenvalue weighted by Gasteiger charge is 2.29. The number of hydrogen-bond donors (Lipinski definition) is 2. The summed E-state index contributed by atoms with van der Waals surface area (Å²) in [5, 5.41) is 6.64. The highest BCUT2D eigenvalue weighted by molar-refractivity contribution is 6.31. The number of fused-ring (bicyclic) bond motifs is 1. The summed E-state index contributed by atoms with van der Waals surface area (Å²) in [7, 11) is 3.47. The summed E-state index contributed by atoms with van der Waals surface area (Å²) < 4.78 is 14.3. The molecule has 1 aliphatic rings. The number of benzene rings is 2. The summed E-state index contributed by atoms with van der Waals surface area (Å²) in [5.41, 5.74) is 2.70. The highest BCUT2D eigenvalue weighted by Crippen LogP contribution is 2.29. The van der Waals surface area contributed by atoms with Crippen LogP contribution in [0.4, 0.5) is 4.39 Å². The first-order valence-electron chi connectivity index (χ1n) is 8.68. The zero-order valence-corrected chi connectivity index (χ0v) is 15.7. The fourth-order valence-electron chi connectivity index (χ4n) is 3.47. The maximum atomic E-state index is 14.3. The second-order valence-corrected chi connectivity index (χ2v) is 7.11. The van der Waals surface area contributed by atoms with E-state index in [1.807, 2.05) is 12.1 Å². The second kappa shape index (κ2) is 8.16. The summed E-state index contributed by atoms with van der Waals surface area (Å²) in [5.74, 6) is -0.751. The van der Waals surface area contributed by atoms with Crippen molar-refractivity contribution in [1.82, 2.24) is 15.5 Å². The van der Waals surface area contributed by atoms with Crippen molar-refractivity contribution in [1.29, 1.82) is 0 Å². The van der Waals surface area contributed by atoms with Crippen LogP contribution in [-0.2, 0) is 11.2 Å². The number of amides is 1. The minimum absolute atomic E-state index is 0.0443. The maximum absolute atomic E-state index is 14.3. The van der Waals surface area contributed by atoms with Crippen LogP contribution in [0.25, 0.3) is 0 Å². The number of halogens is 2. The van der Waals surface area contributed by atoms with Crippen molar-refractivity contribution in [3.05, 3.63) is 70.0 Å². The minimum atomic E-state index is -0.789. The molecule has 1 aliphatic heterocycles. The Bertz CT molecular complexity index is 776. The third-order valence-electron chi connectivity index (χ3n) is 4.73. The van der Waals surface area contributed by atoms with Gasteiger partial charge >= 0.3 is 0 Å². The molecular weight excluding hydrogens is 353 g/mol. The van der Waals surface area contributed by atoms with E-state index in [9.17, 15) is 9.18 Å². The van der Waals surface area contributed by atoms with Gasteiger partial charge in [0, 0.05) is 23.2 Å². The molecule has 0 aromatic heterocycles. The van der Waals surface area contributed by atoms with Crippen molar-refractivity contribution in [3.63, 3.8) is 0 Å². The number of rotatable bonds is 5. The normalized spacial score (nSPS) is 17.7. The van der Waals surface area contributed by atoms with Crippen molar-refractivity contribution in [2.75, 3.05) is 27.2 Å². The fourth-order valence-corrected chi connectivity index (χ4v) is 3.74. The van der Waals surface area contributed by atoms with E-state index in [1.165, 1.54) is 23.3 Å². The summed E-state index contributed by atoms with van der Waals surface area (Å²) in [6.45, 7) is 1.31. The molecular formula is C20H23ClFN3O. The number of carbonyl (C=O) groups excluding carboxylic acids is 1. The quantitative estimate of drug-likeness (QED) is 0.844. The molecule has 3 rings (SSSR count). The SMILES string of the molecule is CN(C)C(C(=O)NCC1NCCc2ccccc21)c1c(F)cccc1Cl.